The fourth-order valence-corrected chi connectivity index (χ4v) is 3.05. The van der Waals surface area contributed by atoms with E-state index in [9.17, 15) is 0 Å². The van der Waals surface area contributed by atoms with E-state index >= 15 is 0 Å². The van der Waals surface area contributed by atoms with Gasteiger partial charge in [-0.25, -0.2) is 4.98 Å². The molecule has 4 aromatic rings. The van der Waals surface area contributed by atoms with Crippen LogP contribution in [0.25, 0.3) is 21.1 Å². The summed E-state index contributed by atoms with van der Waals surface area (Å²) in [4.78, 5) is 8.82. The molecule has 0 aliphatic heterocycles. The van der Waals surface area contributed by atoms with E-state index in [4.69, 9.17) is 10.5 Å². The number of nitrogen functional groups attached to an aromatic ring is 1. The maximum atomic E-state index is 5.82. The molecule has 2 aromatic carbocycles. The third-order valence-corrected chi connectivity index (χ3v) is 4.06. The van der Waals surface area contributed by atoms with E-state index < -0.39 is 0 Å². The molecular formula is C16H11N3OS. The first-order chi connectivity index (χ1) is 10.3. The van der Waals surface area contributed by atoms with Gasteiger partial charge in [-0.2, -0.15) is 0 Å². The van der Waals surface area contributed by atoms with Gasteiger partial charge in [-0.15, -0.1) is 0 Å². The molecule has 2 aromatic heterocycles. The normalized spacial score (nSPS) is 11.0. The number of aromatic nitrogens is 2. The lowest BCUT2D eigenvalue weighted by Crippen LogP contribution is -1.85. The SMILES string of the molecule is Nc1ccc2nc(Oc3cnc4ccccc4c3)sc2c1. The number of para-hydroxylation sites is 1. The molecule has 0 saturated heterocycles. The van der Waals surface area contributed by atoms with Crippen LogP contribution in [-0.2, 0) is 0 Å². The van der Waals surface area contributed by atoms with Gasteiger partial charge >= 0.3 is 0 Å². The van der Waals surface area contributed by atoms with Gasteiger partial charge in [0, 0.05) is 11.1 Å². The highest BCUT2D eigenvalue weighted by atomic mass is 32.1. The number of ether oxygens (including phenoxy) is 1. The number of rotatable bonds is 2. The molecule has 4 rings (SSSR count). The first-order valence-electron chi connectivity index (χ1n) is 6.47. The number of nitrogens with zero attached hydrogens (tertiary/aromatic N) is 2. The summed E-state index contributed by atoms with van der Waals surface area (Å²) in [5.74, 6) is 0.681. The average molecular weight is 293 g/mol. The monoisotopic (exact) mass is 293 g/mol. The van der Waals surface area contributed by atoms with Crippen LogP contribution in [0.1, 0.15) is 0 Å². The minimum atomic E-state index is 0.590. The zero-order chi connectivity index (χ0) is 14.2. The molecule has 4 nitrogen and oxygen atoms in total. The summed E-state index contributed by atoms with van der Waals surface area (Å²) < 4.78 is 6.83. The van der Waals surface area contributed by atoms with Crippen molar-refractivity contribution >= 4 is 38.1 Å². The second-order valence-electron chi connectivity index (χ2n) is 4.67. The highest BCUT2D eigenvalue weighted by Gasteiger charge is 2.07. The molecule has 0 unspecified atom stereocenters. The third kappa shape index (κ3) is 2.28. The van der Waals surface area contributed by atoms with Gasteiger partial charge < -0.3 is 10.5 Å². The van der Waals surface area contributed by atoms with E-state index in [0.29, 0.717) is 10.9 Å². The summed E-state index contributed by atoms with van der Waals surface area (Å²) in [5.41, 5.74) is 8.34. The number of hydrogen-bond acceptors (Lipinski definition) is 5. The Bertz CT molecular complexity index is 948. The minimum absolute atomic E-state index is 0.590. The first kappa shape index (κ1) is 12.1. The predicted molar refractivity (Wildman–Crippen MR) is 85.8 cm³/mol. The Labute approximate surface area is 124 Å². The van der Waals surface area contributed by atoms with Crippen LogP contribution in [0.3, 0.4) is 0 Å². The number of thiazole rings is 1. The summed E-state index contributed by atoms with van der Waals surface area (Å²) in [6, 6.07) is 15.5. The van der Waals surface area contributed by atoms with E-state index in [1.165, 1.54) is 11.3 Å². The summed E-state index contributed by atoms with van der Waals surface area (Å²) >= 11 is 1.47. The summed E-state index contributed by atoms with van der Waals surface area (Å²) in [6.07, 6.45) is 1.71. The van der Waals surface area contributed by atoms with Crippen LogP contribution in [0.2, 0.25) is 0 Å². The molecular weight excluding hydrogens is 282 g/mol. The van der Waals surface area contributed by atoms with E-state index in [2.05, 4.69) is 9.97 Å². The van der Waals surface area contributed by atoms with Gasteiger partial charge in [0.25, 0.3) is 5.19 Å². The molecule has 0 radical (unpaired) electrons. The summed E-state index contributed by atoms with van der Waals surface area (Å²) in [5, 5.41) is 1.63. The maximum absolute atomic E-state index is 5.82. The minimum Gasteiger partial charge on any atom is -0.429 e. The number of nitrogens with two attached hydrogens (primary N) is 1. The van der Waals surface area contributed by atoms with Gasteiger partial charge in [0.2, 0.25) is 0 Å². The molecule has 5 heteroatoms. The lowest BCUT2D eigenvalue weighted by atomic mass is 10.2. The third-order valence-electron chi connectivity index (χ3n) is 3.16. The molecule has 0 spiro atoms. The number of pyridine rings is 1. The zero-order valence-electron chi connectivity index (χ0n) is 11.0. The molecule has 102 valence electrons. The molecule has 0 bridgehead atoms. The van der Waals surface area contributed by atoms with Crippen LogP contribution < -0.4 is 10.5 Å². The Kier molecular flexibility index (Phi) is 2.72. The lowest BCUT2D eigenvalue weighted by Gasteiger charge is -2.02. The van der Waals surface area contributed by atoms with Crippen molar-refractivity contribution in [1.29, 1.82) is 0 Å². The van der Waals surface area contributed by atoms with Gasteiger partial charge in [-0.1, -0.05) is 29.5 Å². The van der Waals surface area contributed by atoms with Crippen molar-refractivity contribution in [3.05, 3.63) is 54.7 Å². The van der Waals surface area contributed by atoms with Crippen molar-refractivity contribution in [1.82, 2.24) is 9.97 Å². The van der Waals surface area contributed by atoms with E-state index in [1.807, 2.05) is 48.5 Å². The smallest absolute Gasteiger partial charge is 0.279 e. The lowest BCUT2D eigenvalue weighted by molar-refractivity contribution is 0.479. The number of fused-ring (bicyclic) bond motifs is 2. The van der Waals surface area contributed by atoms with Gasteiger partial charge in [-0.3, -0.25) is 4.98 Å². The Morgan fingerprint density at radius 3 is 2.86 bits per heavy atom. The standard InChI is InChI=1S/C16H11N3OS/c17-11-5-6-14-15(8-11)21-16(19-14)20-12-7-10-3-1-2-4-13(10)18-9-12/h1-9H,17H2. The van der Waals surface area contributed by atoms with Crippen LogP contribution in [0, 0.1) is 0 Å². The van der Waals surface area contributed by atoms with Gasteiger partial charge in [0.15, 0.2) is 0 Å². The quantitative estimate of drug-likeness (QED) is 0.562. The van der Waals surface area contributed by atoms with Gasteiger partial charge in [-0.05, 0) is 30.3 Å². The van der Waals surface area contributed by atoms with Gasteiger partial charge in [0.1, 0.15) is 5.75 Å². The molecule has 0 atom stereocenters. The predicted octanol–water partition coefficient (Wildman–Crippen LogP) is 4.22. The molecule has 0 aliphatic carbocycles. The fraction of sp³-hybridized carbons (Fsp3) is 0. The maximum Gasteiger partial charge on any atom is 0.279 e. The highest BCUT2D eigenvalue weighted by molar-refractivity contribution is 7.20. The van der Waals surface area contributed by atoms with Crippen molar-refractivity contribution < 1.29 is 4.74 Å². The van der Waals surface area contributed by atoms with Crippen molar-refractivity contribution in [3.8, 4) is 10.9 Å². The van der Waals surface area contributed by atoms with Crippen molar-refractivity contribution in [2.45, 2.75) is 0 Å². The Hall–Kier alpha value is -2.66. The highest BCUT2D eigenvalue weighted by Crippen LogP contribution is 2.32. The van der Waals surface area contributed by atoms with Crippen LogP contribution in [0.5, 0.6) is 10.9 Å². The van der Waals surface area contributed by atoms with Gasteiger partial charge in [0.05, 0.1) is 21.9 Å². The molecule has 21 heavy (non-hydrogen) atoms. The summed E-state index contributed by atoms with van der Waals surface area (Å²) in [6.45, 7) is 0. The Morgan fingerprint density at radius 1 is 1.00 bits per heavy atom. The number of hydrogen-bond donors (Lipinski definition) is 1. The molecule has 2 heterocycles. The number of anilines is 1. The fourth-order valence-electron chi connectivity index (χ4n) is 2.17. The molecule has 2 N–H and O–H groups in total. The van der Waals surface area contributed by atoms with E-state index in [-0.39, 0.29) is 0 Å². The largest absolute Gasteiger partial charge is 0.429 e. The Balaban J connectivity index is 1.71. The Morgan fingerprint density at radius 2 is 1.90 bits per heavy atom. The van der Waals surface area contributed by atoms with Crippen LogP contribution >= 0.6 is 11.3 Å². The van der Waals surface area contributed by atoms with E-state index in [0.717, 1.165) is 26.8 Å². The van der Waals surface area contributed by atoms with E-state index in [1.54, 1.807) is 6.20 Å². The second-order valence-corrected chi connectivity index (χ2v) is 5.67. The van der Waals surface area contributed by atoms with Crippen LogP contribution in [0.15, 0.2) is 54.7 Å². The molecule has 0 amide bonds. The van der Waals surface area contributed by atoms with Crippen LogP contribution in [0.4, 0.5) is 5.69 Å². The van der Waals surface area contributed by atoms with Crippen molar-refractivity contribution in [3.63, 3.8) is 0 Å². The average Bonchev–Trinajstić information content (AvgIpc) is 2.88. The second kappa shape index (κ2) is 4.71. The topological polar surface area (TPSA) is 61.0 Å². The summed E-state index contributed by atoms with van der Waals surface area (Å²) in [7, 11) is 0. The van der Waals surface area contributed by atoms with Crippen molar-refractivity contribution in [2.24, 2.45) is 0 Å². The molecule has 0 aliphatic rings. The molecule has 0 saturated carbocycles. The van der Waals surface area contributed by atoms with Crippen LogP contribution in [-0.4, -0.2) is 9.97 Å². The first-order valence-corrected chi connectivity index (χ1v) is 7.28. The molecule has 0 fully saturated rings. The zero-order valence-corrected chi connectivity index (χ0v) is 11.8. The van der Waals surface area contributed by atoms with Crippen molar-refractivity contribution in [2.75, 3.05) is 5.73 Å². The number of benzene rings is 2.